The Morgan fingerprint density at radius 1 is 1.14 bits per heavy atom. The lowest BCUT2D eigenvalue weighted by Gasteiger charge is -2.44. The molecule has 3 atom stereocenters. The molecule has 10 heteroatoms. The number of allylic oxidation sites excluding steroid dienone is 1. The van der Waals surface area contributed by atoms with Crippen LogP contribution in [0.15, 0.2) is 24.3 Å². The molecule has 3 aromatic rings. The summed E-state index contributed by atoms with van der Waals surface area (Å²) in [7, 11) is 5.00. The third kappa shape index (κ3) is 4.94. The number of carbonyl (C=O) groups is 1. The number of rotatable bonds is 8. The smallest absolute Gasteiger partial charge is 0.254 e. The largest absolute Gasteiger partial charge is 0.494 e. The van der Waals surface area contributed by atoms with Crippen molar-refractivity contribution in [2.45, 2.75) is 69.8 Å². The highest BCUT2D eigenvalue weighted by atomic mass is 19.1. The number of halogens is 1. The van der Waals surface area contributed by atoms with Gasteiger partial charge in [-0.2, -0.15) is 0 Å². The van der Waals surface area contributed by atoms with E-state index in [4.69, 9.17) is 29.9 Å². The van der Waals surface area contributed by atoms with Crippen LogP contribution in [0, 0.1) is 5.92 Å². The molecule has 2 aliphatic carbocycles. The highest BCUT2D eigenvalue weighted by Crippen LogP contribution is 2.47. The summed E-state index contributed by atoms with van der Waals surface area (Å²) in [6, 6.07) is 7.09. The second-order valence-electron chi connectivity index (χ2n) is 12.2. The lowest BCUT2D eigenvalue weighted by atomic mass is 9.72. The van der Waals surface area contributed by atoms with Crippen molar-refractivity contribution < 1.29 is 23.4 Å². The molecule has 1 aliphatic heterocycles. The number of pyridine rings is 1. The Hall–Kier alpha value is -3.50. The molecule has 1 saturated heterocycles. The van der Waals surface area contributed by atoms with Crippen molar-refractivity contribution in [1.82, 2.24) is 19.4 Å². The second kappa shape index (κ2) is 11.0. The zero-order valence-corrected chi connectivity index (χ0v) is 25.0. The number of benzene rings is 1. The third-order valence-electron chi connectivity index (χ3n) is 9.19. The zero-order chi connectivity index (χ0) is 29.8. The number of imidazole rings is 1. The Balaban J connectivity index is 1.45. The van der Waals surface area contributed by atoms with E-state index in [1.807, 2.05) is 12.1 Å². The summed E-state index contributed by atoms with van der Waals surface area (Å²) in [5, 5.41) is 0. The molecule has 2 aromatic heterocycles. The summed E-state index contributed by atoms with van der Waals surface area (Å²) >= 11 is 0. The maximum absolute atomic E-state index is 14.3. The summed E-state index contributed by atoms with van der Waals surface area (Å²) in [6.45, 7) is 5.38. The molecule has 0 spiro atoms. The third-order valence-corrected chi connectivity index (χ3v) is 9.19. The van der Waals surface area contributed by atoms with Gasteiger partial charge in [0.05, 0.1) is 37.6 Å². The van der Waals surface area contributed by atoms with Gasteiger partial charge in [0.25, 0.3) is 5.91 Å². The van der Waals surface area contributed by atoms with E-state index < -0.39 is 6.17 Å². The number of nitrogens with two attached hydrogens (primary N) is 1. The van der Waals surface area contributed by atoms with Crippen LogP contribution >= 0.6 is 0 Å². The average Bonchev–Trinajstić information content (AvgIpc) is 3.51. The van der Waals surface area contributed by atoms with Gasteiger partial charge in [-0.15, -0.1) is 0 Å². The fourth-order valence-corrected chi connectivity index (χ4v) is 7.08. The van der Waals surface area contributed by atoms with E-state index in [1.54, 1.807) is 33.5 Å². The monoisotopic (exact) mass is 577 g/mol. The molecule has 0 radical (unpaired) electrons. The van der Waals surface area contributed by atoms with Gasteiger partial charge in [-0.1, -0.05) is 6.92 Å². The van der Waals surface area contributed by atoms with Crippen molar-refractivity contribution in [2.24, 2.45) is 11.7 Å². The first-order valence-electron chi connectivity index (χ1n) is 14.8. The maximum Gasteiger partial charge on any atom is 0.254 e. The Morgan fingerprint density at radius 2 is 1.93 bits per heavy atom. The van der Waals surface area contributed by atoms with Crippen molar-refractivity contribution in [3.63, 3.8) is 0 Å². The quantitative estimate of drug-likeness (QED) is 0.409. The molecule has 0 bridgehead atoms. The summed E-state index contributed by atoms with van der Waals surface area (Å²) in [6.07, 6.45) is 4.02. The molecular weight excluding hydrogens is 537 g/mol. The van der Waals surface area contributed by atoms with Gasteiger partial charge in [-0.25, -0.2) is 14.4 Å². The van der Waals surface area contributed by atoms with Gasteiger partial charge in [0.2, 0.25) is 5.88 Å². The Morgan fingerprint density at radius 3 is 2.60 bits per heavy atom. The van der Waals surface area contributed by atoms with Gasteiger partial charge < -0.3 is 29.4 Å². The van der Waals surface area contributed by atoms with E-state index in [-0.39, 0.29) is 36.4 Å². The first-order valence-corrected chi connectivity index (χ1v) is 14.8. The fraction of sp³-hybridized carbons (Fsp3) is 0.531. The summed E-state index contributed by atoms with van der Waals surface area (Å²) in [5.74, 6) is 2.16. The van der Waals surface area contributed by atoms with E-state index in [9.17, 15) is 9.18 Å². The number of aromatic nitrogens is 3. The molecule has 6 rings (SSSR count). The summed E-state index contributed by atoms with van der Waals surface area (Å²) < 4.78 is 33.6. The number of alkyl halides is 1. The van der Waals surface area contributed by atoms with E-state index in [0.29, 0.717) is 35.2 Å². The van der Waals surface area contributed by atoms with Crippen molar-refractivity contribution in [2.75, 3.05) is 34.4 Å². The van der Waals surface area contributed by atoms with E-state index in [0.717, 1.165) is 54.0 Å². The van der Waals surface area contributed by atoms with Crippen molar-refractivity contribution >= 4 is 28.6 Å². The lowest BCUT2D eigenvalue weighted by molar-refractivity contribution is -0.0938. The molecule has 9 nitrogen and oxygen atoms in total. The number of piperidine rings is 1. The number of nitrogens with zero attached hydrogens (tertiary/aromatic N) is 4. The topological polar surface area (TPSA) is 105 Å². The van der Waals surface area contributed by atoms with E-state index in [2.05, 4.69) is 24.5 Å². The van der Waals surface area contributed by atoms with Crippen molar-refractivity contribution in [3.8, 4) is 11.6 Å². The number of likely N-dealkylation sites (tertiary alicyclic amines) is 1. The molecule has 2 N–H and O–H groups in total. The van der Waals surface area contributed by atoms with Gasteiger partial charge in [0.15, 0.2) is 0 Å². The van der Waals surface area contributed by atoms with Crippen LogP contribution in [0.1, 0.15) is 72.9 Å². The van der Waals surface area contributed by atoms with Crippen molar-refractivity contribution in [1.29, 1.82) is 0 Å². The Kier molecular flexibility index (Phi) is 7.47. The second-order valence-corrected chi connectivity index (χ2v) is 12.2. The molecule has 2 fully saturated rings. The number of hydrogen-bond acceptors (Lipinski definition) is 7. The van der Waals surface area contributed by atoms with Crippen LogP contribution in [0.2, 0.25) is 0 Å². The Bertz CT molecular complexity index is 1540. The number of amides is 1. The van der Waals surface area contributed by atoms with Crippen LogP contribution in [-0.4, -0.2) is 77.6 Å². The molecular formula is C32H40FN5O4. The van der Waals surface area contributed by atoms with Crippen LogP contribution in [-0.2, 0) is 11.3 Å². The number of fused-ring (bicyclic) bond motifs is 2. The molecule has 1 aromatic carbocycles. The Labute approximate surface area is 245 Å². The maximum atomic E-state index is 14.3. The molecule has 1 amide bonds. The van der Waals surface area contributed by atoms with Gasteiger partial charge in [0.1, 0.15) is 23.3 Å². The minimum atomic E-state index is -1.14. The minimum Gasteiger partial charge on any atom is -0.494 e. The fourth-order valence-electron chi connectivity index (χ4n) is 7.08. The minimum absolute atomic E-state index is 0.0340. The number of methoxy groups -OCH3 is 3. The average molecular weight is 578 g/mol. The highest BCUT2D eigenvalue weighted by molar-refractivity contribution is 6.00. The van der Waals surface area contributed by atoms with Gasteiger partial charge in [-0.05, 0) is 68.4 Å². The van der Waals surface area contributed by atoms with E-state index in [1.165, 1.54) is 4.90 Å². The lowest BCUT2D eigenvalue weighted by Crippen LogP contribution is -2.50. The predicted molar refractivity (Wildman–Crippen MR) is 160 cm³/mol. The first-order chi connectivity index (χ1) is 20.2. The van der Waals surface area contributed by atoms with Crippen LogP contribution in [0.3, 0.4) is 0 Å². The molecule has 3 heterocycles. The normalized spacial score (nSPS) is 27.0. The van der Waals surface area contributed by atoms with E-state index >= 15 is 0 Å². The SMILES string of the molecule is CCC1C(c2nc3cc(C(=O)N4C[C@H](N)C[C@@H](F)C4)cc(OC)c3n2CC2CC(C)(OC)C2)=Cc2ccc(OC)nc21. The van der Waals surface area contributed by atoms with Crippen LogP contribution < -0.4 is 15.2 Å². The predicted octanol–water partition coefficient (Wildman–Crippen LogP) is 4.82. The standard InChI is InChI=1S/C32H40FN5O4/c1-6-23-24(9-19-7-8-27(41-4)36-28(19)23)30-35-25-10-20(31(39)37-16-21(33)12-22(34)17-37)11-26(40-3)29(25)38(30)15-18-13-32(2,14-18)42-5/h7-11,18,21-23H,6,12-17,34H2,1-5H3/t18?,21-,22-,23?,32?/m1/s1. The number of hydrogen-bond donors (Lipinski definition) is 1. The molecule has 3 aliphatic rings. The molecule has 1 unspecified atom stereocenters. The molecule has 224 valence electrons. The van der Waals surface area contributed by atoms with Gasteiger partial charge >= 0.3 is 0 Å². The van der Waals surface area contributed by atoms with Gasteiger partial charge in [-0.3, -0.25) is 4.79 Å². The van der Waals surface area contributed by atoms with Crippen LogP contribution in [0.4, 0.5) is 4.39 Å². The van der Waals surface area contributed by atoms with Crippen molar-refractivity contribution in [3.05, 3.63) is 46.9 Å². The molecule has 1 saturated carbocycles. The highest BCUT2D eigenvalue weighted by Gasteiger charge is 2.41. The first kappa shape index (κ1) is 28.6. The molecule has 42 heavy (non-hydrogen) atoms. The van der Waals surface area contributed by atoms with Gasteiger partial charge in [0, 0.05) is 49.4 Å². The summed E-state index contributed by atoms with van der Waals surface area (Å²) in [5.41, 5.74) is 10.9. The van der Waals surface area contributed by atoms with Crippen LogP contribution in [0.5, 0.6) is 11.6 Å². The number of ether oxygens (including phenoxy) is 3. The number of carbonyl (C=O) groups excluding carboxylic acids is 1. The summed E-state index contributed by atoms with van der Waals surface area (Å²) in [4.78, 5) is 25.0. The van der Waals surface area contributed by atoms with Crippen LogP contribution in [0.25, 0.3) is 22.7 Å². The zero-order valence-electron chi connectivity index (χ0n) is 25.0.